The van der Waals surface area contributed by atoms with Gasteiger partial charge in [-0.3, -0.25) is 4.90 Å². The first-order chi connectivity index (χ1) is 13.9. The number of hydrogen-bond donors (Lipinski definition) is 1. The Bertz CT molecular complexity index is 940. The van der Waals surface area contributed by atoms with Gasteiger partial charge in [0.15, 0.2) is 5.11 Å². The molecule has 2 aromatic carbocycles. The zero-order valence-corrected chi connectivity index (χ0v) is 18.0. The summed E-state index contributed by atoms with van der Waals surface area (Å²) < 4.78 is 10.5. The number of para-hydroxylation sites is 1. The SMILES string of the molecule is COCCOC(=O)C1=C(C)N(c2ccccc2)C(=S)N[C@@H]1c1cc(C)ccc1C. The maximum atomic E-state index is 13.1. The molecule has 0 aromatic heterocycles. The van der Waals surface area contributed by atoms with E-state index >= 15 is 0 Å². The molecule has 2 aromatic rings. The van der Waals surface area contributed by atoms with Crippen LogP contribution in [-0.2, 0) is 14.3 Å². The molecule has 1 heterocycles. The fraction of sp³-hybridized carbons (Fsp3) is 0.304. The van der Waals surface area contributed by atoms with Gasteiger partial charge in [-0.2, -0.15) is 0 Å². The van der Waals surface area contributed by atoms with Gasteiger partial charge in [0.05, 0.1) is 18.2 Å². The Morgan fingerprint density at radius 2 is 1.83 bits per heavy atom. The van der Waals surface area contributed by atoms with Crippen LogP contribution in [0, 0.1) is 13.8 Å². The number of nitrogens with one attached hydrogen (secondary N) is 1. The van der Waals surface area contributed by atoms with Crippen molar-refractivity contribution >= 4 is 29.0 Å². The molecule has 0 aliphatic carbocycles. The number of nitrogens with zero attached hydrogens (tertiary/aromatic N) is 1. The summed E-state index contributed by atoms with van der Waals surface area (Å²) in [4.78, 5) is 15.0. The van der Waals surface area contributed by atoms with Crippen LogP contribution in [0.1, 0.15) is 29.7 Å². The predicted molar refractivity (Wildman–Crippen MR) is 119 cm³/mol. The first-order valence-electron chi connectivity index (χ1n) is 9.53. The molecular formula is C23H26N2O3S. The zero-order chi connectivity index (χ0) is 21.0. The number of ether oxygens (including phenoxy) is 2. The molecule has 0 radical (unpaired) electrons. The molecule has 1 N–H and O–H groups in total. The lowest BCUT2D eigenvalue weighted by Gasteiger charge is -2.38. The fourth-order valence-corrected chi connectivity index (χ4v) is 3.86. The van der Waals surface area contributed by atoms with E-state index in [2.05, 4.69) is 23.5 Å². The third-order valence-electron chi connectivity index (χ3n) is 4.99. The molecule has 0 spiro atoms. The minimum absolute atomic E-state index is 0.196. The maximum absolute atomic E-state index is 13.1. The summed E-state index contributed by atoms with van der Waals surface area (Å²) in [6, 6.07) is 15.6. The number of thiocarbonyl (C=S) groups is 1. The normalized spacial score (nSPS) is 16.6. The molecule has 1 aliphatic rings. The Morgan fingerprint density at radius 3 is 2.52 bits per heavy atom. The van der Waals surface area contributed by atoms with E-state index in [9.17, 15) is 4.79 Å². The van der Waals surface area contributed by atoms with Crippen molar-refractivity contribution in [2.45, 2.75) is 26.8 Å². The predicted octanol–water partition coefficient (Wildman–Crippen LogP) is 4.20. The topological polar surface area (TPSA) is 50.8 Å². The van der Waals surface area contributed by atoms with Crippen molar-refractivity contribution in [1.29, 1.82) is 0 Å². The summed E-state index contributed by atoms with van der Waals surface area (Å²) in [7, 11) is 1.58. The lowest BCUT2D eigenvalue weighted by molar-refractivity contribution is -0.140. The average Bonchev–Trinajstić information content (AvgIpc) is 2.70. The lowest BCUT2D eigenvalue weighted by atomic mass is 9.91. The minimum Gasteiger partial charge on any atom is -0.460 e. The van der Waals surface area contributed by atoms with Gasteiger partial charge in [-0.15, -0.1) is 0 Å². The Morgan fingerprint density at radius 1 is 1.10 bits per heavy atom. The van der Waals surface area contributed by atoms with Crippen molar-refractivity contribution in [2.24, 2.45) is 0 Å². The van der Waals surface area contributed by atoms with Crippen LogP contribution in [0.2, 0.25) is 0 Å². The fourth-order valence-electron chi connectivity index (χ4n) is 3.49. The number of aryl methyl sites for hydroxylation is 2. The highest BCUT2D eigenvalue weighted by molar-refractivity contribution is 7.80. The second-order valence-corrected chi connectivity index (χ2v) is 7.43. The molecule has 5 nitrogen and oxygen atoms in total. The van der Waals surface area contributed by atoms with Crippen molar-refractivity contribution in [2.75, 3.05) is 25.2 Å². The number of rotatable bonds is 6. The zero-order valence-electron chi connectivity index (χ0n) is 17.2. The highest BCUT2D eigenvalue weighted by Crippen LogP contribution is 2.35. The van der Waals surface area contributed by atoms with E-state index < -0.39 is 0 Å². The van der Waals surface area contributed by atoms with Crippen LogP contribution < -0.4 is 10.2 Å². The molecule has 0 amide bonds. The molecule has 0 saturated carbocycles. The van der Waals surface area contributed by atoms with E-state index in [1.54, 1.807) is 7.11 Å². The first-order valence-corrected chi connectivity index (χ1v) is 9.94. The van der Waals surface area contributed by atoms with Gasteiger partial charge in [-0.1, -0.05) is 42.0 Å². The Balaban J connectivity index is 2.10. The van der Waals surface area contributed by atoms with Gasteiger partial charge in [-0.25, -0.2) is 4.79 Å². The Labute approximate surface area is 177 Å². The molecule has 1 aliphatic heterocycles. The van der Waals surface area contributed by atoms with E-state index in [0.29, 0.717) is 17.3 Å². The van der Waals surface area contributed by atoms with Crippen molar-refractivity contribution < 1.29 is 14.3 Å². The minimum atomic E-state index is -0.377. The number of carbonyl (C=O) groups is 1. The number of anilines is 1. The van der Waals surface area contributed by atoms with Gasteiger partial charge in [0.2, 0.25) is 0 Å². The molecule has 6 heteroatoms. The van der Waals surface area contributed by atoms with E-state index in [4.69, 9.17) is 21.7 Å². The molecule has 1 atom stereocenters. The van der Waals surface area contributed by atoms with Gasteiger partial charge in [0.25, 0.3) is 0 Å². The number of carbonyl (C=O) groups excluding carboxylic acids is 1. The van der Waals surface area contributed by atoms with Crippen LogP contribution >= 0.6 is 12.2 Å². The van der Waals surface area contributed by atoms with Gasteiger partial charge >= 0.3 is 5.97 Å². The van der Waals surface area contributed by atoms with E-state index in [1.807, 2.05) is 56.0 Å². The lowest BCUT2D eigenvalue weighted by Crippen LogP contribution is -2.48. The number of methoxy groups -OCH3 is 1. The number of hydrogen-bond acceptors (Lipinski definition) is 4. The molecule has 3 rings (SSSR count). The second kappa shape index (κ2) is 9.20. The van der Waals surface area contributed by atoms with Crippen LogP contribution in [0.3, 0.4) is 0 Å². The maximum Gasteiger partial charge on any atom is 0.338 e. The molecule has 0 saturated heterocycles. The van der Waals surface area contributed by atoms with Crippen LogP contribution in [0.25, 0.3) is 0 Å². The van der Waals surface area contributed by atoms with Crippen LogP contribution in [0.15, 0.2) is 59.8 Å². The Kier molecular flexibility index (Phi) is 6.67. The summed E-state index contributed by atoms with van der Waals surface area (Å²) in [5.41, 5.74) is 5.41. The summed E-state index contributed by atoms with van der Waals surface area (Å²) in [6.45, 7) is 6.52. The number of esters is 1. The smallest absolute Gasteiger partial charge is 0.338 e. The first kappa shape index (κ1) is 21.0. The van der Waals surface area contributed by atoms with Gasteiger partial charge in [-0.05, 0) is 56.2 Å². The summed E-state index contributed by atoms with van der Waals surface area (Å²) in [5.74, 6) is -0.374. The van der Waals surface area contributed by atoms with Crippen molar-refractivity contribution in [1.82, 2.24) is 5.32 Å². The van der Waals surface area contributed by atoms with Crippen LogP contribution in [0.5, 0.6) is 0 Å². The molecule has 0 bridgehead atoms. The monoisotopic (exact) mass is 410 g/mol. The molecule has 29 heavy (non-hydrogen) atoms. The van der Waals surface area contributed by atoms with Crippen LogP contribution in [-0.4, -0.2) is 31.4 Å². The largest absolute Gasteiger partial charge is 0.460 e. The third-order valence-corrected chi connectivity index (χ3v) is 5.29. The van der Waals surface area contributed by atoms with Crippen LogP contribution in [0.4, 0.5) is 5.69 Å². The Hall–Kier alpha value is -2.70. The van der Waals surface area contributed by atoms with E-state index in [0.717, 1.165) is 28.1 Å². The standard InChI is InChI=1S/C23H26N2O3S/c1-15-10-11-16(2)19(14-15)21-20(22(26)28-13-12-27-4)17(3)25(23(29)24-21)18-8-6-5-7-9-18/h5-11,14,21H,12-13H2,1-4H3,(H,24,29)/t21-/m1/s1. The summed E-state index contributed by atoms with van der Waals surface area (Å²) >= 11 is 5.69. The highest BCUT2D eigenvalue weighted by atomic mass is 32.1. The van der Waals surface area contributed by atoms with Crippen molar-refractivity contribution in [3.8, 4) is 0 Å². The summed E-state index contributed by atoms with van der Waals surface area (Å²) in [5, 5.41) is 3.92. The molecule has 0 unspecified atom stereocenters. The highest BCUT2D eigenvalue weighted by Gasteiger charge is 2.36. The van der Waals surface area contributed by atoms with Gasteiger partial charge in [0.1, 0.15) is 6.61 Å². The van der Waals surface area contributed by atoms with Crippen molar-refractivity contribution in [3.63, 3.8) is 0 Å². The van der Waals surface area contributed by atoms with E-state index in [1.165, 1.54) is 0 Å². The van der Waals surface area contributed by atoms with Gasteiger partial charge < -0.3 is 14.8 Å². The third kappa shape index (κ3) is 4.49. The number of allylic oxidation sites excluding steroid dienone is 1. The second-order valence-electron chi connectivity index (χ2n) is 7.04. The van der Waals surface area contributed by atoms with E-state index in [-0.39, 0.29) is 18.6 Å². The molecule has 152 valence electrons. The summed E-state index contributed by atoms with van der Waals surface area (Å²) in [6.07, 6.45) is 0. The average molecular weight is 411 g/mol. The quantitative estimate of drug-likeness (QED) is 0.438. The van der Waals surface area contributed by atoms with Crippen molar-refractivity contribution in [3.05, 3.63) is 76.5 Å². The molecule has 0 fully saturated rings. The molecular weight excluding hydrogens is 384 g/mol. The van der Waals surface area contributed by atoms with Gasteiger partial charge in [0, 0.05) is 18.5 Å². The number of benzene rings is 2.